The summed E-state index contributed by atoms with van der Waals surface area (Å²) in [4.78, 5) is 13.1. The van der Waals surface area contributed by atoms with E-state index in [0.29, 0.717) is 0 Å². The predicted molar refractivity (Wildman–Crippen MR) is 55.0 cm³/mol. The maximum Gasteiger partial charge on any atom is 0.573 e. The third kappa shape index (κ3) is 3.18. The molecule has 0 aromatic carbocycles. The van der Waals surface area contributed by atoms with Crippen LogP contribution in [0.2, 0.25) is 0 Å². The Labute approximate surface area is 101 Å². The Balaban J connectivity index is 3.16. The molecule has 88 valence electrons. The third-order valence-corrected chi connectivity index (χ3v) is 2.29. The number of nitro groups is 1. The molecule has 1 aromatic heterocycles. The first-order valence-electron chi connectivity index (χ1n) is 3.78. The van der Waals surface area contributed by atoms with Gasteiger partial charge in [-0.1, -0.05) is 0 Å². The van der Waals surface area contributed by atoms with E-state index in [1.54, 1.807) is 0 Å². The number of hydrogen-bond donors (Lipinski definition) is 0. The molecule has 16 heavy (non-hydrogen) atoms. The highest BCUT2D eigenvalue weighted by molar-refractivity contribution is 14.1. The van der Waals surface area contributed by atoms with Crippen LogP contribution in [0.15, 0.2) is 6.07 Å². The summed E-state index contributed by atoms with van der Waals surface area (Å²) in [5.41, 5.74) is -0.190. The van der Waals surface area contributed by atoms with E-state index in [2.05, 4.69) is 9.72 Å². The summed E-state index contributed by atoms with van der Waals surface area (Å²) in [5, 5.41) is 10.4. The van der Waals surface area contributed by atoms with Crippen LogP contribution in [0.3, 0.4) is 0 Å². The monoisotopic (exact) mass is 348 g/mol. The lowest BCUT2D eigenvalue weighted by atomic mass is 10.3. The van der Waals surface area contributed by atoms with Gasteiger partial charge in [-0.25, -0.2) is 0 Å². The Morgan fingerprint density at radius 2 is 2.12 bits per heavy atom. The number of alkyl halides is 3. The Bertz CT molecular complexity index is 436. The van der Waals surface area contributed by atoms with Crippen molar-refractivity contribution >= 4 is 28.4 Å². The Hall–Kier alpha value is -1.13. The molecular formula is C7H4F3IN2O3. The average Bonchev–Trinajstić information content (AvgIpc) is 2.07. The number of aromatic nitrogens is 1. The fraction of sp³-hybridized carbons (Fsp3) is 0.286. The van der Waals surface area contributed by atoms with Crippen LogP contribution in [0.1, 0.15) is 5.69 Å². The van der Waals surface area contributed by atoms with Crippen molar-refractivity contribution in [1.29, 1.82) is 0 Å². The Morgan fingerprint density at radius 3 is 2.56 bits per heavy atom. The molecule has 0 N–H and O–H groups in total. The van der Waals surface area contributed by atoms with Crippen molar-refractivity contribution in [2.24, 2.45) is 0 Å². The standard InChI is InChI=1S/C7H4F3IN2O3/c1-3-5(16-7(8,9)10)2-4(11)6(12-3)13(14)15/h2H,1H3. The topological polar surface area (TPSA) is 65.3 Å². The summed E-state index contributed by atoms with van der Waals surface area (Å²) in [7, 11) is 0. The number of halogens is 4. The lowest BCUT2D eigenvalue weighted by Gasteiger charge is -2.09. The van der Waals surface area contributed by atoms with Gasteiger partial charge in [-0.2, -0.15) is 0 Å². The minimum Gasteiger partial charge on any atom is -0.401 e. The zero-order valence-electron chi connectivity index (χ0n) is 7.71. The molecular weight excluding hydrogens is 344 g/mol. The van der Waals surface area contributed by atoms with Crippen LogP contribution in [0.25, 0.3) is 0 Å². The molecule has 5 nitrogen and oxygen atoms in total. The average molecular weight is 348 g/mol. The molecule has 0 aliphatic heterocycles. The van der Waals surface area contributed by atoms with Crippen LogP contribution in [0.5, 0.6) is 5.75 Å². The zero-order valence-corrected chi connectivity index (χ0v) is 9.87. The van der Waals surface area contributed by atoms with Crippen LogP contribution in [-0.2, 0) is 0 Å². The summed E-state index contributed by atoms with van der Waals surface area (Å²) in [6, 6.07) is 0.925. The van der Waals surface area contributed by atoms with Crippen molar-refractivity contribution in [3.63, 3.8) is 0 Å². The van der Waals surface area contributed by atoms with Gasteiger partial charge < -0.3 is 14.9 Å². The third-order valence-electron chi connectivity index (χ3n) is 1.50. The van der Waals surface area contributed by atoms with Crippen LogP contribution in [0, 0.1) is 20.6 Å². The lowest BCUT2D eigenvalue weighted by Crippen LogP contribution is -2.18. The molecule has 0 amide bonds. The van der Waals surface area contributed by atoms with Crippen molar-refractivity contribution in [2.45, 2.75) is 13.3 Å². The number of aryl methyl sites for hydroxylation is 1. The maximum atomic E-state index is 11.9. The van der Waals surface area contributed by atoms with Crippen molar-refractivity contribution in [2.75, 3.05) is 0 Å². The SMILES string of the molecule is Cc1nc([N+](=O)[O-])c(I)cc1OC(F)(F)F. The highest BCUT2D eigenvalue weighted by Crippen LogP contribution is 2.30. The summed E-state index contributed by atoms with van der Waals surface area (Å²) in [5.74, 6) is -1.03. The Morgan fingerprint density at radius 1 is 1.56 bits per heavy atom. The van der Waals surface area contributed by atoms with E-state index in [0.717, 1.165) is 6.07 Å². The molecule has 1 heterocycles. The first-order valence-corrected chi connectivity index (χ1v) is 4.86. The molecule has 0 saturated carbocycles. The van der Waals surface area contributed by atoms with E-state index in [1.807, 2.05) is 0 Å². The van der Waals surface area contributed by atoms with E-state index in [-0.39, 0.29) is 9.26 Å². The van der Waals surface area contributed by atoms with Gasteiger partial charge in [0, 0.05) is 13.0 Å². The van der Waals surface area contributed by atoms with E-state index in [1.165, 1.54) is 29.5 Å². The second-order valence-corrected chi connectivity index (χ2v) is 3.84. The molecule has 0 saturated heterocycles. The second-order valence-electron chi connectivity index (χ2n) is 2.68. The number of hydrogen-bond acceptors (Lipinski definition) is 4. The van der Waals surface area contributed by atoms with Gasteiger partial charge in [-0.3, -0.25) is 0 Å². The predicted octanol–water partition coefficient (Wildman–Crippen LogP) is 2.80. The quantitative estimate of drug-likeness (QED) is 0.468. The molecule has 1 rings (SSSR count). The number of ether oxygens (including phenoxy) is 1. The molecule has 0 aliphatic carbocycles. The summed E-state index contributed by atoms with van der Waals surface area (Å²) < 4.78 is 39.4. The minimum atomic E-state index is -4.84. The highest BCUT2D eigenvalue weighted by atomic mass is 127. The first kappa shape index (κ1) is 12.9. The first-order chi connectivity index (χ1) is 7.20. The highest BCUT2D eigenvalue weighted by Gasteiger charge is 2.33. The van der Waals surface area contributed by atoms with Crippen LogP contribution < -0.4 is 4.74 Å². The lowest BCUT2D eigenvalue weighted by molar-refractivity contribution is -0.390. The van der Waals surface area contributed by atoms with Crippen LogP contribution in [-0.4, -0.2) is 16.3 Å². The molecule has 0 spiro atoms. The molecule has 0 fully saturated rings. The van der Waals surface area contributed by atoms with Gasteiger partial charge in [-0.05, 0) is 32.5 Å². The molecule has 0 radical (unpaired) electrons. The van der Waals surface area contributed by atoms with E-state index in [9.17, 15) is 23.3 Å². The minimum absolute atomic E-state index is 0.0209. The number of rotatable bonds is 2. The molecule has 0 atom stereocenters. The van der Waals surface area contributed by atoms with Gasteiger partial charge in [-0.15, -0.1) is 13.2 Å². The number of nitrogens with zero attached hydrogens (tertiary/aromatic N) is 2. The molecule has 9 heteroatoms. The molecule has 1 aromatic rings. The summed E-state index contributed by atoms with van der Waals surface area (Å²) in [6.07, 6.45) is -4.84. The van der Waals surface area contributed by atoms with Gasteiger partial charge in [0.1, 0.15) is 3.57 Å². The fourth-order valence-electron chi connectivity index (χ4n) is 0.907. The van der Waals surface area contributed by atoms with Gasteiger partial charge in [0.15, 0.2) is 11.4 Å². The van der Waals surface area contributed by atoms with Crippen molar-refractivity contribution in [3.05, 3.63) is 25.4 Å². The van der Waals surface area contributed by atoms with Crippen molar-refractivity contribution in [3.8, 4) is 5.75 Å². The van der Waals surface area contributed by atoms with E-state index in [4.69, 9.17) is 0 Å². The Kier molecular flexibility index (Phi) is 3.55. The van der Waals surface area contributed by atoms with Gasteiger partial charge in [0.05, 0.1) is 0 Å². The van der Waals surface area contributed by atoms with Gasteiger partial charge >= 0.3 is 12.2 Å². The van der Waals surface area contributed by atoms with Gasteiger partial charge in [0.2, 0.25) is 0 Å². The van der Waals surface area contributed by atoms with Crippen molar-refractivity contribution < 1.29 is 22.8 Å². The van der Waals surface area contributed by atoms with Crippen molar-refractivity contribution in [1.82, 2.24) is 4.98 Å². The fourth-order valence-corrected chi connectivity index (χ4v) is 1.51. The second kappa shape index (κ2) is 4.39. The maximum absolute atomic E-state index is 11.9. The molecule has 0 unspecified atom stereocenters. The number of pyridine rings is 1. The van der Waals surface area contributed by atoms with Crippen LogP contribution >= 0.6 is 22.6 Å². The molecule has 0 aliphatic rings. The summed E-state index contributed by atoms with van der Waals surface area (Å²) >= 11 is 1.52. The zero-order chi connectivity index (χ0) is 12.5. The van der Waals surface area contributed by atoms with Gasteiger partial charge in [0.25, 0.3) is 0 Å². The van der Waals surface area contributed by atoms with E-state index >= 15 is 0 Å². The normalized spacial score (nSPS) is 11.3. The largest absolute Gasteiger partial charge is 0.573 e. The van der Waals surface area contributed by atoms with Crippen LogP contribution in [0.4, 0.5) is 19.0 Å². The van der Waals surface area contributed by atoms with E-state index < -0.39 is 22.9 Å². The molecule has 0 bridgehead atoms. The summed E-state index contributed by atoms with van der Waals surface area (Å²) in [6.45, 7) is 1.20. The smallest absolute Gasteiger partial charge is 0.401 e.